The number of carbonyl (C=O) groups is 1. The van der Waals surface area contributed by atoms with Crippen LogP contribution in [-0.4, -0.2) is 55.4 Å². The van der Waals surface area contributed by atoms with E-state index in [-0.39, 0.29) is 5.91 Å². The Labute approximate surface area is 164 Å². The summed E-state index contributed by atoms with van der Waals surface area (Å²) in [5, 5.41) is 2.89. The Morgan fingerprint density at radius 1 is 1.18 bits per heavy atom. The molecule has 1 aliphatic heterocycles. The molecule has 8 heteroatoms. The van der Waals surface area contributed by atoms with Crippen LogP contribution in [0, 0.1) is 6.92 Å². The normalized spacial score (nSPS) is 13.9. The van der Waals surface area contributed by atoms with Crippen LogP contribution in [-0.2, 0) is 4.74 Å². The Morgan fingerprint density at radius 3 is 2.57 bits per heavy atom. The second-order valence-electron chi connectivity index (χ2n) is 6.22. The first-order valence-electron chi connectivity index (χ1n) is 9.49. The minimum Gasteiger partial charge on any atom is -0.492 e. The molecule has 8 nitrogen and oxygen atoms in total. The summed E-state index contributed by atoms with van der Waals surface area (Å²) < 4.78 is 17.1. The van der Waals surface area contributed by atoms with E-state index in [4.69, 9.17) is 14.2 Å². The van der Waals surface area contributed by atoms with Crippen LogP contribution in [0.3, 0.4) is 0 Å². The van der Waals surface area contributed by atoms with Crippen molar-refractivity contribution < 1.29 is 19.0 Å². The molecule has 2 aromatic rings. The van der Waals surface area contributed by atoms with E-state index >= 15 is 0 Å². The van der Waals surface area contributed by atoms with E-state index in [2.05, 4.69) is 20.2 Å². The summed E-state index contributed by atoms with van der Waals surface area (Å²) in [6, 6.07) is 5.31. The summed E-state index contributed by atoms with van der Waals surface area (Å²) in [6.07, 6.45) is 1.56. The zero-order valence-electron chi connectivity index (χ0n) is 16.5. The SMILES string of the molecule is CCOc1cc(N2CCOCC2)c(OCC)cc1NC(=O)c1ccnc(C)n1. The van der Waals surface area contributed by atoms with Crippen LogP contribution in [0.5, 0.6) is 11.5 Å². The lowest BCUT2D eigenvalue weighted by Crippen LogP contribution is -2.36. The van der Waals surface area contributed by atoms with Gasteiger partial charge in [-0.05, 0) is 26.8 Å². The van der Waals surface area contributed by atoms with Gasteiger partial charge >= 0.3 is 0 Å². The minimum atomic E-state index is -0.326. The Hall–Kier alpha value is -2.87. The van der Waals surface area contributed by atoms with Crippen molar-refractivity contribution in [2.75, 3.05) is 49.7 Å². The lowest BCUT2D eigenvalue weighted by Gasteiger charge is -2.31. The van der Waals surface area contributed by atoms with Gasteiger partial charge in [-0.3, -0.25) is 4.79 Å². The zero-order chi connectivity index (χ0) is 19.9. The molecule has 3 rings (SSSR count). The number of nitrogens with one attached hydrogen (secondary N) is 1. The van der Waals surface area contributed by atoms with E-state index in [1.807, 2.05) is 26.0 Å². The van der Waals surface area contributed by atoms with Crippen molar-refractivity contribution in [2.24, 2.45) is 0 Å². The maximum Gasteiger partial charge on any atom is 0.274 e. The van der Waals surface area contributed by atoms with Gasteiger partial charge in [0.25, 0.3) is 5.91 Å². The largest absolute Gasteiger partial charge is 0.492 e. The number of aryl methyl sites for hydroxylation is 1. The number of rotatable bonds is 7. The number of anilines is 2. The van der Waals surface area contributed by atoms with Crippen LogP contribution in [0.15, 0.2) is 24.4 Å². The number of benzene rings is 1. The predicted octanol–water partition coefficient (Wildman–Crippen LogP) is 2.67. The number of hydrogen-bond donors (Lipinski definition) is 1. The van der Waals surface area contributed by atoms with Crippen molar-refractivity contribution in [1.82, 2.24) is 9.97 Å². The van der Waals surface area contributed by atoms with Gasteiger partial charge in [0.1, 0.15) is 23.0 Å². The average molecular weight is 386 g/mol. The number of aromatic nitrogens is 2. The fourth-order valence-corrected chi connectivity index (χ4v) is 3.01. The van der Waals surface area contributed by atoms with Gasteiger partial charge in [-0.25, -0.2) is 9.97 Å². The van der Waals surface area contributed by atoms with E-state index in [0.717, 1.165) is 18.8 Å². The third-order valence-electron chi connectivity index (χ3n) is 4.27. The number of ether oxygens (including phenoxy) is 3. The van der Waals surface area contributed by atoms with Crippen molar-refractivity contribution in [3.8, 4) is 11.5 Å². The number of hydrogen-bond acceptors (Lipinski definition) is 7. The zero-order valence-corrected chi connectivity index (χ0v) is 16.5. The van der Waals surface area contributed by atoms with Crippen molar-refractivity contribution in [2.45, 2.75) is 20.8 Å². The highest BCUT2D eigenvalue weighted by Crippen LogP contribution is 2.39. The molecular formula is C20H26N4O4. The fourth-order valence-electron chi connectivity index (χ4n) is 3.01. The average Bonchev–Trinajstić information content (AvgIpc) is 2.70. The first-order chi connectivity index (χ1) is 13.6. The van der Waals surface area contributed by atoms with E-state index in [1.54, 1.807) is 19.2 Å². The van der Waals surface area contributed by atoms with Crippen LogP contribution >= 0.6 is 0 Å². The molecule has 0 radical (unpaired) electrons. The second-order valence-corrected chi connectivity index (χ2v) is 6.22. The maximum absolute atomic E-state index is 12.7. The molecule has 0 saturated carbocycles. The Morgan fingerprint density at radius 2 is 1.89 bits per heavy atom. The first-order valence-corrected chi connectivity index (χ1v) is 9.49. The molecule has 150 valence electrons. The predicted molar refractivity (Wildman–Crippen MR) is 107 cm³/mol. The van der Waals surface area contributed by atoms with Crippen molar-refractivity contribution in [1.29, 1.82) is 0 Å². The molecule has 0 bridgehead atoms. The van der Waals surface area contributed by atoms with Gasteiger partial charge in [0.2, 0.25) is 0 Å². The van der Waals surface area contributed by atoms with Crippen LogP contribution in [0.25, 0.3) is 0 Å². The molecule has 1 aromatic heterocycles. The van der Waals surface area contributed by atoms with Gasteiger partial charge in [-0.1, -0.05) is 0 Å². The quantitative estimate of drug-likeness (QED) is 0.783. The number of amides is 1. The molecule has 0 atom stereocenters. The molecule has 1 fully saturated rings. The lowest BCUT2D eigenvalue weighted by atomic mass is 10.2. The summed E-state index contributed by atoms with van der Waals surface area (Å²) in [5.41, 5.74) is 1.78. The molecule has 1 N–H and O–H groups in total. The monoisotopic (exact) mass is 386 g/mol. The van der Waals surface area contributed by atoms with Crippen LogP contribution in [0.2, 0.25) is 0 Å². The molecule has 0 unspecified atom stereocenters. The highest BCUT2D eigenvalue weighted by atomic mass is 16.5. The lowest BCUT2D eigenvalue weighted by molar-refractivity contribution is 0.102. The number of nitrogens with zero attached hydrogens (tertiary/aromatic N) is 3. The summed E-state index contributed by atoms with van der Waals surface area (Å²) in [4.78, 5) is 23.1. The summed E-state index contributed by atoms with van der Waals surface area (Å²) in [7, 11) is 0. The Balaban J connectivity index is 1.94. The molecule has 28 heavy (non-hydrogen) atoms. The molecule has 1 amide bonds. The molecule has 1 aliphatic rings. The van der Waals surface area contributed by atoms with Gasteiger partial charge in [0, 0.05) is 31.4 Å². The van der Waals surface area contributed by atoms with Gasteiger partial charge in [0.15, 0.2) is 0 Å². The standard InChI is InChI=1S/C20H26N4O4/c1-4-27-18-13-17(24-8-10-26-11-9-24)19(28-5-2)12-16(18)23-20(25)15-6-7-21-14(3)22-15/h6-7,12-13H,4-5,8-11H2,1-3H3,(H,23,25). The van der Waals surface area contributed by atoms with Crippen molar-refractivity contribution >= 4 is 17.3 Å². The summed E-state index contributed by atoms with van der Waals surface area (Å²) in [5.74, 6) is 1.50. The van der Waals surface area contributed by atoms with E-state index in [0.29, 0.717) is 55.1 Å². The van der Waals surface area contributed by atoms with Crippen molar-refractivity contribution in [3.05, 3.63) is 35.9 Å². The minimum absolute atomic E-state index is 0.296. The first kappa shape index (κ1) is 19.9. The van der Waals surface area contributed by atoms with Crippen LogP contribution in [0.4, 0.5) is 11.4 Å². The van der Waals surface area contributed by atoms with E-state index in [9.17, 15) is 4.79 Å². The smallest absolute Gasteiger partial charge is 0.274 e. The Kier molecular flexibility index (Phi) is 6.65. The number of carbonyl (C=O) groups excluding carboxylic acids is 1. The van der Waals surface area contributed by atoms with Gasteiger partial charge < -0.3 is 24.4 Å². The Bertz CT molecular complexity index is 822. The molecule has 0 aliphatic carbocycles. The van der Waals surface area contributed by atoms with Crippen molar-refractivity contribution in [3.63, 3.8) is 0 Å². The van der Waals surface area contributed by atoms with E-state index < -0.39 is 0 Å². The summed E-state index contributed by atoms with van der Waals surface area (Å²) in [6.45, 7) is 9.46. The number of morpholine rings is 1. The van der Waals surface area contributed by atoms with E-state index in [1.165, 1.54) is 0 Å². The fraction of sp³-hybridized carbons (Fsp3) is 0.450. The third-order valence-corrected chi connectivity index (χ3v) is 4.27. The molecule has 2 heterocycles. The highest BCUT2D eigenvalue weighted by Gasteiger charge is 2.21. The van der Waals surface area contributed by atoms with Crippen LogP contribution < -0.4 is 19.7 Å². The van der Waals surface area contributed by atoms with Gasteiger partial charge in [0.05, 0.1) is 37.8 Å². The topological polar surface area (TPSA) is 85.8 Å². The molecule has 1 saturated heterocycles. The maximum atomic E-state index is 12.7. The van der Waals surface area contributed by atoms with Crippen LogP contribution in [0.1, 0.15) is 30.2 Å². The third kappa shape index (κ3) is 4.69. The molecule has 0 spiro atoms. The van der Waals surface area contributed by atoms with Gasteiger partial charge in [-0.2, -0.15) is 0 Å². The van der Waals surface area contributed by atoms with Gasteiger partial charge in [-0.15, -0.1) is 0 Å². The summed E-state index contributed by atoms with van der Waals surface area (Å²) >= 11 is 0. The second kappa shape index (κ2) is 9.36. The molecule has 1 aromatic carbocycles. The highest BCUT2D eigenvalue weighted by molar-refractivity contribution is 6.04. The molecular weight excluding hydrogens is 360 g/mol.